The topological polar surface area (TPSA) is 79.7 Å². The quantitative estimate of drug-likeness (QED) is 0.357. The number of pyridine rings is 1. The van der Waals surface area contributed by atoms with Crippen LogP contribution in [0.5, 0.6) is 5.75 Å². The van der Waals surface area contributed by atoms with E-state index in [1.165, 1.54) is 4.90 Å². The molecule has 1 atom stereocenters. The maximum Gasteiger partial charge on any atom is 0.295 e. The molecule has 6 heteroatoms. The van der Waals surface area contributed by atoms with Gasteiger partial charge in [-0.3, -0.25) is 14.6 Å². The molecule has 0 aliphatic carbocycles. The highest BCUT2D eigenvalue weighted by Gasteiger charge is 2.46. The Bertz CT molecular complexity index is 1170. The van der Waals surface area contributed by atoms with E-state index in [1.807, 2.05) is 44.2 Å². The van der Waals surface area contributed by atoms with Gasteiger partial charge in [0, 0.05) is 24.5 Å². The first-order valence-corrected chi connectivity index (χ1v) is 10.5. The minimum atomic E-state index is -0.698. The van der Waals surface area contributed by atoms with Crippen LogP contribution in [-0.2, 0) is 16.1 Å². The van der Waals surface area contributed by atoms with Crippen molar-refractivity contribution in [1.82, 2.24) is 9.88 Å². The number of aryl methyl sites for hydroxylation is 1. The van der Waals surface area contributed by atoms with Crippen LogP contribution in [0.15, 0.2) is 78.6 Å². The molecule has 2 heterocycles. The van der Waals surface area contributed by atoms with Gasteiger partial charge in [0.05, 0.1) is 18.2 Å². The van der Waals surface area contributed by atoms with Gasteiger partial charge in [0.25, 0.3) is 11.7 Å². The third kappa shape index (κ3) is 3.99. The molecular formula is C26H24N2O4. The van der Waals surface area contributed by atoms with Gasteiger partial charge in [-0.25, -0.2) is 0 Å². The SMILES string of the molecule is CCOc1ccc(/C(O)=C2/C(=O)C(=O)N(Cc3ccncc3)C2c2ccccc2)cc1C. The molecule has 0 saturated carbocycles. The zero-order chi connectivity index (χ0) is 22.7. The zero-order valence-electron chi connectivity index (χ0n) is 18.0. The Morgan fingerprint density at radius 1 is 1.06 bits per heavy atom. The van der Waals surface area contributed by atoms with E-state index in [2.05, 4.69) is 4.98 Å². The fraction of sp³-hybridized carbons (Fsp3) is 0.192. The summed E-state index contributed by atoms with van der Waals surface area (Å²) in [6, 6.07) is 17.4. The van der Waals surface area contributed by atoms with Crippen LogP contribution in [0.2, 0.25) is 0 Å². The third-order valence-corrected chi connectivity index (χ3v) is 5.51. The fourth-order valence-corrected chi connectivity index (χ4v) is 3.98. The van der Waals surface area contributed by atoms with Crippen LogP contribution in [0.3, 0.4) is 0 Å². The van der Waals surface area contributed by atoms with Crippen LogP contribution in [0, 0.1) is 6.92 Å². The molecule has 1 aliphatic rings. The van der Waals surface area contributed by atoms with Crippen molar-refractivity contribution in [1.29, 1.82) is 0 Å². The van der Waals surface area contributed by atoms with Gasteiger partial charge in [0.15, 0.2) is 0 Å². The Morgan fingerprint density at radius 3 is 2.44 bits per heavy atom. The Kier molecular flexibility index (Phi) is 6.03. The molecule has 0 spiro atoms. The van der Waals surface area contributed by atoms with Gasteiger partial charge in [0.2, 0.25) is 0 Å². The van der Waals surface area contributed by atoms with Crippen LogP contribution in [0.1, 0.15) is 35.2 Å². The molecule has 1 saturated heterocycles. The third-order valence-electron chi connectivity index (χ3n) is 5.51. The first kappa shape index (κ1) is 21.3. The van der Waals surface area contributed by atoms with Crippen molar-refractivity contribution >= 4 is 17.4 Å². The number of amides is 1. The van der Waals surface area contributed by atoms with Gasteiger partial charge in [-0.05, 0) is 60.9 Å². The number of aromatic nitrogens is 1. The van der Waals surface area contributed by atoms with E-state index in [0.29, 0.717) is 17.9 Å². The van der Waals surface area contributed by atoms with Crippen LogP contribution >= 0.6 is 0 Å². The maximum absolute atomic E-state index is 13.1. The van der Waals surface area contributed by atoms with Crippen LogP contribution in [0.4, 0.5) is 0 Å². The summed E-state index contributed by atoms with van der Waals surface area (Å²) in [5.41, 5.74) is 2.98. The summed E-state index contributed by atoms with van der Waals surface area (Å²) in [7, 11) is 0. The molecule has 32 heavy (non-hydrogen) atoms. The molecule has 1 N–H and O–H groups in total. The normalized spacial score (nSPS) is 17.6. The van der Waals surface area contributed by atoms with E-state index in [1.54, 1.807) is 42.7 Å². The van der Waals surface area contributed by atoms with Crippen LogP contribution in [0.25, 0.3) is 5.76 Å². The number of carbonyl (C=O) groups is 2. The summed E-state index contributed by atoms with van der Waals surface area (Å²) in [6.45, 7) is 4.53. The smallest absolute Gasteiger partial charge is 0.295 e. The lowest BCUT2D eigenvalue weighted by Gasteiger charge is -2.25. The molecule has 1 amide bonds. The number of aliphatic hydroxyl groups excluding tert-OH is 1. The van der Waals surface area contributed by atoms with Crippen molar-refractivity contribution in [2.75, 3.05) is 6.61 Å². The molecule has 1 aromatic heterocycles. The predicted octanol–water partition coefficient (Wildman–Crippen LogP) is 4.41. The van der Waals surface area contributed by atoms with E-state index in [-0.39, 0.29) is 17.9 Å². The minimum absolute atomic E-state index is 0.0822. The van der Waals surface area contributed by atoms with Crippen molar-refractivity contribution in [3.8, 4) is 5.75 Å². The lowest BCUT2D eigenvalue weighted by Crippen LogP contribution is -2.29. The average molecular weight is 428 g/mol. The van der Waals surface area contributed by atoms with E-state index < -0.39 is 17.7 Å². The van der Waals surface area contributed by atoms with Gasteiger partial charge >= 0.3 is 0 Å². The summed E-state index contributed by atoms with van der Waals surface area (Å²) in [6.07, 6.45) is 3.29. The summed E-state index contributed by atoms with van der Waals surface area (Å²) in [5.74, 6) is -0.820. The highest BCUT2D eigenvalue weighted by Crippen LogP contribution is 2.40. The van der Waals surface area contributed by atoms with Gasteiger partial charge in [0.1, 0.15) is 11.5 Å². The zero-order valence-corrected chi connectivity index (χ0v) is 18.0. The van der Waals surface area contributed by atoms with Crippen molar-refractivity contribution < 1.29 is 19.4 Å². The molecule has 4 rings (SSSR count). The summed E-state index contributed by atoms with van der Waals surface area (Å²) in [5, 5.41) is 11.2. The lowest BCUT2D eigenvalue weighted by atomic mass is 9.94. The Labute approximate surface area is 186 Å². The second-order valence-electron chi connectivity index (χ2n) is 7.61. The minimum Gasteiger partial charge on any atom is -0.507 e. The number of likely N-dealkylation sites (tertiary alicyclic amines) is 1. The van der Waals surface area contributed by atoms with Crippen molar-refractivity contribution in [2.45, 2.75) is 26.4 Å². The molecule has 162 valence electrons. The predicted molar refractivity (Wildman–Crippen MR) is 121 cm³/mol. The molecule has 3 aromatic rings. The summed E-state index contributed by atoms with van der Waals surface area (Å²) in [4.78, 5) is 31.7. The first-order valence-electron chi connectivity index (χ1n) is 10.5. The molecule has 6 nitrogen and oxygen atoms in total. The molecular weight excluding hydrogens is 404 g/mol. The number of rotatable bonds is 6. The first-order chi connectivity index (χ1) is 15.5. The number of ketones is 1. The second-order valence-corrected chi connectivity index (χ2v) is 7.61. The second kappa shape index (κ2) is 9.06. The standard InChI is InChI=1S/C26H24N2O4/c1-3-32-21-10-9-20(15-17(21)2)24(29)22-23(19-7-5-4-6-8-19)28(26(31)25(22)30)16-18-11-13-27-14-12-18/h4-15,23,29H,3,16H2,1-2H3/b24-22-. The van der Waals surface area contributed by atoms with E-state index in [0.717, 1.165) is 16.7 Å². The number of benzene rings is 2. The molecule has 0 radical (unpaired) electrons. The molecule has 1 unspecified atom stereocenters. The summed E-state index contributed by atoms with van der Waals surface area (Å²) >= 11 is 0. The number of aliphatic hydroxyl groups is 1. The van der Waals surface area contributed by atoms with E-state index in [4.69, 9.17) is 4.74 Å². The molecule has 2 aromatic carbocycles. The van der Waals surface area contributed by atoms with E-state index >= 15 is 0 Å². The van der Waals surface area contributed by atoms with E-state index in [9.17, 15) is 14.7 Å². The monoisotopic (exact) mass is 428 g/mol. The highest BCUT2D eigenvalue weighted by atomic mass is 16.5. The Balaban J connectivity index is 1.83. The van der Waals surface area contributed by atoms with Crippen molar-refractivity contribution in [3.05, 3.63) is 101 Å². The molecule has 0 bridgehead atoms. The highest BCUT2D eigenvalue weighted by molar-refractivity contribution is 6.46. The van der Waals surface area contributed by atoms with Crippen molar-refractivity contribution in [3.63, 3.8) is 0 Å². The number of nitrogens with zero attached hydrogens (tertiary/aromatic N) is 2. The molecule has 1 aliphatic heterocycles. The maximum atomic E-state index is 13.1. The van der Waals surface area contributed by atoms with Crippen LogP contribution in [-0.4, -0.2) is 33.3 Å². The Hall–Kier alpha value is -3.93. The van der Waals surface area contributed by atoms with Crippen molar-refractivity contribution in [2.24, 2.45) is 0 Å². The van der Waals surface area contributed by atoms with Crippen LogP contribution < -0.4 is 4.74 Å². The molecule has 1 fully saturated rings. The largest absolute Gasteiger partial charge is 0.507 e. The fourth-order valence-electron chi connectivity index (χ4n) is 3.98. The average Bonchev–Trinajstić information content (AvgIpc) is 3.06. The van der Waals surface area contributed by atoms with Gasteiger partial charge in [-0.1, -0.05) is 30.3 Å². The number of ether oxygens (including phenoxy) is 1. The summed E-state index contributed by atoms with van der Waals surface area (Å²) < 4.78 is 5.58. The number of Topliss-reactive ketones (excluding diaryl/α,β-unsaturated/α-hetero) is 1. The number of hydrogen-bond donors (Lipinski definition) is 1. The van der Waals surface area contributed by atoms with Gasteiger partial charge in [-0.2, -0.15) is 0 Å². The number of hydrogen-bond acceptors (Lipinski definition) is 5. The van der Waals surface area contributed by atoms with Gasteiger partial charge in [-0.15, -0.1) is 0 Å². The van der Waals surface area contributed by atoms with Gasteiger partial charge < -0.3 is 14.7 Å². The Morgan fingerprint density at radius 2 is 1.78 bits per heavy atom. The lowest BCUT2D eigenvalue weighted by molar-refractivity contribution is -0.140. The number of carbonyl (C=O) groups excluding carboxylic acids is 2.